The van der Waals surface area contributed by atoms with E-state index in [1.807, 2.05) is 6.07 Å². The van der Waals surface area contributed by atoms with Crippen molar-refractivity contribution >= 4 is 37.8 Å². The fourth-order valence-electron chi connectivity index (χ4n) is 3.17. The Morgan fingerprint density at radius 1 is 1.17 bits per heavy atom. The van der Waals surface area contributed by atoms with Crippen molar-refractivity contribution < 1.29 is 13.5 Å². The summed E-state index contributed by atoms with van der Waals surface area (Å²) in [6, 6.07) is 13.6. The van der Waals surface area contributed by atoms with Crippen LogP contribution in [0.5, 0.6) is 5.75 Å². The standard InChI is InChI=1S/C21H22N4O3S2/c1-15(16-3-2-4-18(26)13-16)20-14-23-21(29-20)24-17-5-7-19(8-6-17)30(27,28)25-11-9-22-10-12-25/h2-8,13-14,22,26H,1,9-12H2,(H,23,24). The van der Waals surface area contributed by atoms with Gasteiger partial charge in [-0.2, -0.15) is 4.31 Å². The number of rotatable bonds is 6. The minimum Gasteiger partial charge on any atom is -0.508 e. The third-order valence-electron chi connectivity index (χ3n) is 4.82. The number of anilines is 2. The summed E-state index contributed by atoms with van der Waals surface area (Å²) < 4.78 is 27.0. The number of hydrogen-bond acceptors (Lipinski definition) is 7. The van der Waals surface area contributed by atoms with Crippen LogP contribution < -0.4 is 10.6 Å². The molecule has 0 unspecified atom stereocenters. The molecule has 0 radical (unpaired) electrons. The van der Waals surface area contributed by atoms with Crippen LogP contribution >= 0.6 is 11.3 Å². The molecular formula is C21H22N4O3S2. The lowest BCUT2D eigenvalue weighted by atomic mass is 10.1. The lowest BCUT2D eigenvalue weighted by molar-refractivity contribution is 0.360. The van der Waals surface area contributed by atoms with E-state index in [-0.39, 0.29) is 10.6 Å². The molecule has 1 aromatic heterocycles. The quantitative estimate of drug-likeness (QED) is 0.543. The second kappa shape index (κ2) is 8.57. The molecule has 4 rings (SSSR count). The normalized spacial score (nSPS) is 15.1. The first-order valence-corrected chi connectivity index (χ1v) is 11.7. The molecule has 7 nitrogen and oxygen atoms in total. The van der Waals surface area contributed by atoms with Gasteiger partial charge in [0.2, 0.25) is 10.0 Å². The molecule has 2 aromatic carbocycles. The number of sulfonamides is 1. The predicted molar refractivity (Wildman–Crippen MR) is 120 cm³/mol. The topological polar surface area (TPSA) is 94.6 Å². The van der Waals surface area contributed by atoms with Gasteiger partial charge in [0.1, 0.15) is 5.75 Å². The summed E-state index contributed by atoms with van der Waals surface area (Å²) in [6.45, 7) is 6.39. The summed E-state index contributed by atoms with van der Waals surface area (Å²) >= 11 is 1.43. The maximum Gasteiger partial charge on any atom is 0.243 e. The van der Waals surface area contributed by atoms with Crippen molar-refractivity contribution in [2.45, 2.75) is 4.90 Å². The fourth-order valence-corrected chi connectivity index (χ4v) is 5.45. The number of aromatic hydroxyl groups is 1. The van der Waals surface area contributed by atoms with E-state index in [1.165, 1.54) is 15.6 Å². The minimum atomic E-state index is -3.47. The van der Waals surface area contributed by atoms with Crippen molar-refractivity contribution in [1.82, 2.24) is 14.6 Å². The van der Waals surface area contributed by atoms with Crippen LogP contribution in [0.3, 0.4) is 0 Å². The van der Waals surface area contributed by atoms with Gasteiger partial charge < -0.3 is 15.7 Å². The first-order valence-electron chi connectivity index (χ1n) is 9.46. The smallest absolute Gasteiger partial charge is 0.243 e. The first kappa shape index (κ1) is 20.5. The fraction of sp³-hybridized carbons (Fsp3) is 0.190. The second-order valence-corrected chi connectivity index (χ2v) is 9.83. The second-order valence-electron chi connectivity index (χ2n) is 6.86. The van der Waals surface area contributed by atoms with E-state index in [1.54, 1.807) is 48.7 Å². The van der Waals surface area contributed by atoms with Crippen molar-refractivity contribution in [3.8, 4) is 5.75 Å². The molecule has 3 aromatic rings. The van der Waals surface area contributed by atoms with Crippen LogP contribution in [0.1, 0.15) is 10.4 Å². The molecule has 0 spiro atoms. The number of nitrogens with one attached hydrogen (secondary N) is 2. The lowest BCUT2D eigenvalue weighted by Gasteiger charge is -2.26. The maximum atomic E-state index is 12.7. The summed E-state index contributed by atoms with van der Waals surface area (Å²) in [7, 11) is -3.47. The van der Waals surface area contributed by atoms with Crippen LogP contribution in [-0.4, -0.2) is 49.0 Å². The van der Waals surface area contributed by atoms with Crippen molar-refractivity contribution in [3.63, 3.8) is 0 Å². The Morgan fingerprint density at radius 3 is 2.60 bits per heavy atom. The molecule has 0 amide bonds. The molecule has 2 heterocycles. The van der Waals surface area contributed by atoms with Gasteiger partial charge in [0.15, 0.2) is 5.13 Å². The highest BCUT2D eigenvalue weighted by Crippen LogP contribution is 2.32. The summed E-state index contributed by atoms with van der Waals surface area (Å²) in [5.74, 6) is 0.187. The van der Waals surface area contributed by atoms with Gasteiger partial charge in [0, 0.05) is 38.1 Å². The Kier molecular flexibility index (Phi) is 5.87. The van der Waals surface area contributed by atoms with Gasteiger partial charge >= 0.3 is 0 Å². The highest BCUT2D eigenvalue weighted by Gasteiger charge is 2.25. The Labute approximate surface area is 179 Å². The number of piperazine rings is 1. The van der Waals surface area contributed by atoms with Crippen LogP contribution in [-0.2, 0) is 10.0 Å². The number of aromatic nitrogens is 1. The molecule has 156 valence electrons. The zero-order valence-electron chi connectivity index (χ0n) is 16.2. The van der Waals surface area contributed by atoms with Crippen LogP contribution in [0.2, 0.25) is 0 Å². The van der Waals surface area contributed by atoms with Gasteiger partial charge in [0.05, 0.1) is 9.77 Å². The van der Waals surface area contributed by atoms with Gasteiger partial charge in [-0.1, -0.05) is 30.0 Å². The molecule has 9 heteroatoms. The lowest BCUT2D eigenvalue weighted by Crippen LogP contribution is -2.46. The van der Waals surface area contributed by atoms with Crippen molar-refractivity contribution in [3.05, 3.63) is 71.7 Å². The Hall–Kier alpha value is -2.72. The third kappa shape index (κ3) is 4.39. The Bertz CT molecular complexity index is 1150. The van der Waals surface area contributed by atoms with E-state index in [0.717, 1.165) is 21.7 Å². The molecule has 3 N–H and O–H groups in total. The highest BCUT2D eigenvalue weighted by molar-refractivity contribution is 7.89. The monoisotopic (exact) mass is 442 g/mol. The van der Waals surface area contributed by atoms with Crippen LogP contribution in [0.15, 0.2) is 66.2 Å². The summed E-state index contributed by atoms with van der Waals surface area (Å²) in [4.78, 5) is 5.54. The Balaban J connectivity index is 1.46. The third-order valence-corrected chi connectivity index (χ3v) is 7.70. The highest BCUT2D eigenvalue weighted by atomic mass is 32.2. The van der Waals surface area contributed by atoms with E-state index < -0.39 is 10.0 Å². The number of phenols is 1. The van der Waals surface area contributed by atoms with Gasteiger partial charge in [0.25, 0.3) is 0 Å². The van der Waals surface area contributed by atoms with Crippen molar-refractivity contribution in [2.75, 3.05) is 31.5 Å². The van der Waals surface area contributed by atoms with Crippen molar-refractivity contribution in [1.29, 1.82) is 0 Å². The minimum absolute atomic E-state index is 0.187. The van der Waals surface area contributed by atoms with Gasteiger partial charge in [-0.05, 0) is 47.5 Å². The van der Waals surface area contributed by atoms with E-state index in [0.29, 0.717) is 31.3 Å². The van der Waals surface area contributed by atoms with Gasteiger partial charge in [-0.15, -0.1) is 0 Å². The summed E-state index contributed by atoms with van der Waals surface area (Å²) in [6.07, 6.45) is 1.72. The number of benzene rings is 2. The van der Waals surface area contributed by atoms with E-state index >= 15 is 0 Å². The predicted octanol–water partition coefficient (Wildman–Crippen LogP) is 3.25. The summed E-state index contributed by atoms with van der Waals surface area (Å²) in [5.41, 5.74) is 2.35. The number of hydrogen-bond donors (Lipinski definition) is 3. The molecule has 1 saturated heterocycles. The van der Waals surface area contributed by atoms with E-state index in [2.05, 4.69) is 22.2 Å². The maximum absolute atomic E-state index is 12.7. The molecule has 1 aliphatic heterocycles. The molecule has 0 atom stereocenters. The largest absolute Gasteiger partial charge is 0.508 e. The molecule has 0 saturated carbocycles. The first-order chi connectivity index (χ1) is 14.4. The van der Waals surface area contributed by atoms with Crippen LogP contribution in [0.25, 0.3) is 5.57 Å². The molecular weight excluding hydrogens is 420 g/mol. The average molecular weight is 443 g/mol. The molecule has 30 heavy (non-hydrogen) atoms. The zero-order chi connectivity index (χ0) is 21.1. The Morgan fingerprint density at radius 2 is 1.90 bits per heavy atom. The molecule has 0 bridgehead atoms. The van der Waals surface area contributed by atoms with Gasteiger partial charge in [-0.25, -0.2) is 13.4 Å². The average Bonchev–Trinajstić information content (AvgIpc) is 3.22. The van der Waals surface area contributed by atoms with Crippen LogP contribution in [0, 0.1) is 0 Å². The van der Waals surface area contributed by atoms with E-state index in [4.69, 9.17) is 0 Å². The number of thiazole rings is 1. The van der Waals surface area contributed by atoms with E-state index in [9.17, 15) is 13.5 Å². The molecule has 1 fully saturated rings. The summed E-state index contributed by atoms with van der Waals surface area (Å²) in [5, 5.41) is 16.7. The SMILES string of the molecule is C=C(c1cccc(O)c1)c1cnc(Nc2ccc(S(=O)(=O)N3CCNCC3)cc2)s1. The van der Waals surface area contributed by atoms with Crippen LogP contribution in [0.4, 0.5) is 10.8 Å². The molecule has 1 aliphatic rings. The zero-order valence-corrected chi connectivity index (χ0v) is 17.8. The number of nitrogens with zero attached hydrogens (tertiary/aromatic N) is 2. The van der Waals surface area contributed by atoms with Crippen molar-refractivity contribution in [2.24, 2.45) is 0 Å². The molecule has 0 aliphatic carbocycles. The van der Waals surface area contributed by atoms with Gasteiger partial charge in [-0.3, -0.25) is 0 Å². The number of phenolic OH excluding ortho intramolecular Hbond substituents is 1.